The molecular weight excluding hydrogens is 356 g/mol. The summed E-state index contributed by atoms with van der Waals surface area (Å²) in [7, 11) is 1.65. The van der Waals surface area contributed by atoms with Gasteiger partial charge in [0.2, 0.25) is 0 Å². The smallest absolute Gasteiger partial charge is 0.137 e. The molecule has 0 unspecified atom stereocenters. The lowest BCUT2D eigenvalue weighted by Gasteiger charge is -2.25. The Morgan fingerprint density at radius 3 is 2.61 bits per heavy atom. The van der Waals surface area contributed by atoms with Crippen LogP contribution >= 0.6 is 0 Å². The van der Waals surface area contributed by atoms with Crippen LogP contribution < -0.4 is 10.1 Å². The number of ether oxygens (including phenoxy) is 2. The quantitative estimate of drug-likeness (QED) is 0.737. The summed E-state index contributed by atoms with van der Waals surface area (Å²) >= 11 is 0. The molecule has 0 bridgehead atoms. The third-order valence-corrected chi connectivity index (χ3v) is 4.90. The highest BCUT2D eigenvalue weighted by atomic mass is 16.5. The van der Waals surface area contributed by atoms with E-state index in [9.17, 15) is 5.11 Å². The van der Waals surface area contributed by atoms with E-state index in [4.69, 9.17) is 18.9 Å². The summed E-state index contributed by atoms with van der Waals surface area (Å²) in [5.41, 5.74) is 1.64. The van der Waals surface area contributed by atoms with Gasteiger partial charge in [-0.15, -0.1) is 0 Å². The minimum absolute atomic E-state index is 0.199. The van der Waals surface area contributed by atoms with Crippen LogP contribution in [-0.4, -0.2) is 56.5 Å². The SMILES string of the molecule is COc1ccc(-c2cc(=NCCN3CCOCC3)c3cc(O)ccc3o2)cc1. The molecule has 0 amide bonds. The zero-order valence-electron chi connectivity index (χ0n) is 15.9. The summed E-state index contributed by atoms with van der Waals surface area (Å²) in [6.45, 7) is 5.01. The number of hydrogen-bond acceptors (Lipinski definition) is 6. The number of methoxy groups -OCH3 is 1. The lowest BCUT2D eigenvalue weighted by molar-refractivity contribution is 0.0394. The summed E-state index contributed by atoms with van der Waals surface area (Å²) in [5.74, 6) is 1.72. The monoisotopic (exact) mass is 380 g/mol. The van der Waals surface area contributed by atoms with Crippen molar-refractivity contribution in [1.29, 1.82) is 0 Å². The van der Waals surface area contributed by atoms with Crippen molar-refractivity contribution in [1.82, 2.24) is 4.90 Å². The van der Waals surface area contributed by atoms with Crippen LogP contribution in [0.4, 0.5) is 0 Å². The van der Waals surface area contributed by atoms with E-state index >= 15 is 0 Å². The fraction of sp³-hybridized carbons (Fsp3) is 0.318. The second-order valence-electron chi connectivity index (χ2n) is 6.74. The van der Waals surface area contributed by atoms with Gasteiger partial charge in [0, 0.05) is 36.7 Å². The van der Waals surface area contributed by atoms with Gasteiger partial charge in [-0.25, -0.2) is 0 Å². The maximum atomic E-state index is 9.91. The second kappa shape index (κ2) is 8.46. The molecule has 2 heterocycles. The Labute approximate surface area is 163 Å². The van der Waals surface area contributed by atoms with Crippen molar-refractivity contribution in [3.8, 4) is 22.8 Å². The van der Waals surface area contributed by atoms with Crippen LogP contribution in [0, 0.1) is 0 Å². The Morgan fingerprint density at radius 2 is 1.86 bits per heavy atom. The van der Waals surface area contributed by atoms with Crippen LogP contribution in [0.1, 0.15) is 0 Å². The van der Waals surface area contributed by atoms with Gasteiger partial charge in [-0.2, -0.15) is 0 Å². The van der Waals surface area contributed by atoms with Gasteiger partial charge in [0.05, 0.1) is 32.2 Å². The van der Waals surface area contributed by atoms with Crippen LogP contribution in [0.25, 0.3) is 22.3 Å². The Balaban J connectivity index is 1.69. The van der Waals surface area contributed by atoms with Gasteiger partial charge >= 0.3 is 0 Å². The third kappa shape index (κ3) is 4.18. The van der Waals surface area contributed by atoms with Crippen molar-refractivity contribution in [2.45, 2.75) is 0 Å². The van der Waals surface area contributed by atoms with E-state index in [2.05, 4.69) is 4.90 Å². The molecular formula is C22H24N2O4. The van der Waals surface area contributed by atoms with Gasteiger partial charge in [0.15, 0.2) is 0 Å². The largest absolute Gasteiger partial charge is 0.508 e. The maximum Gasteiger partial charge on any atom is 0.137 e. The molecule has 28 heavy (non-hydrogen) atoms. The number of phenolic OH excluding ortho intramolecular Hbond substituents is 1. The molecule has 0 radical (unpaired) electrons. The average molecular weight is 380 g/mol. The van der Waals surface area contributed by atoms with E-state index in [1.165, 1.54) is 0 Å². The summed E-state index contributed by atoms with van der Waals surface area (Å²) in [6, 6.07) is 14.8. The number of fused-ring (bicyclic) bond motifs is 1. The molecule has 1 aromatic heterocycles. The number of phenols is 1. The van der Waals surface area contributed by atoms with Crippen molar-refractivity contribution in [2.75, 3.05) is 46.5 Å². The highest BCUT2D eigenvalue weighted by molar-refractivity contribution is 5.80. The molecule has 0 saturated carbocycles. The topological polar surface area (TPSA) is 67.4 Å². The molecule has 1 aliphatic heterocycles. The molecule has 1 saturated heterocycles. The van der Waals surface area contributed by atoms with Gasteiger partial charge in [-0.05, 0) is 42.5 Å². The molecule has 1 fully saturated rings. The fourth-order valence-corrected chi connectivity index (χ4v) is 3.32. The number of aromatic hydroxyl groups is 1. The van der Waals surface area contributed by atoms with E-state index in [-0.39, 0.29) is 5.75 Å². The summed E-state index contributed by atoms with van der Waals surface area (Å²) < 4.78 is 16.7. The standard InChI is InChI=1S/C22H24N2O4/c1-26-18-5-2-16(3-6-18)22-15-20(19-14-17(25)4-7-21(19)28-22)23-8-9-24-10-12-27-13-11-24/h2-7,14-15,25H,8-13H2,1H3. The first-order valence-corrected chi connectivity index (χ1v) is 9.45. The zero-order valence-corrected chi connectivity index (χ0v) is 15.9. The zero-order chi connectivity index (χ0) is 19.3. The first kappa shape index (κ1) is 18.5. The lowest BCUT2D eigenvalue weighted by atomic mass is 10.1. The molecule has 2 aromatic carbocycles. The highest BCUT2D eigenvalue weighted by Gasteiger charge is 2.10. The molecule has 6 heteroatoms. The molecule has 3 aromatic rings. The van der Waals surface area contributed by atoms with E-state index in [1.54, 1.807) is 25.3 Å². The summed E-state index contributed by atoms with van der Waals surface area (Å²) in [6.07, 6.45) is 0. The molecule has 0 spiro atoms. The molecule has 1 aliphatic rings. The van der Waals surface area contributed by atoms with Crippen molar-refractivity contribution in [2.24, 2.45) is 4.99 Å². The van der Waals surface area contributed by atoms with Crippen molar-refractivity contribution in [3.63, 3.8) is 0 Å². The first-order chi connectivity index (χ1) is 13.7. The summed E-state index contributed by atoms with van der Waals surface area (Å²) in [4.78, 5) is 7.16. The second-order valence-corrected chi connectivity index (χ2v) is 6.74. The number of morpholine rings is 1. The van der Waals surface area contributed by atoms with Gasteiger partial charge in [0.25, 0.3) is 0 Å². The van der Waals surface area contributed by atoms with Crippen molar-refractivity contribution < 1.29 is 19.0 Å². The molecule has 0 atom stereocenters. The van der Waals surface area contributed by atoms with Gasteiger partial charge in [0.1, 0.15) is 22.8 Å². The normalized spacial score (nSPS) is 15.8. The van der Waals surface area contributed by atoms with Crippen LogP contribution in [0.5, 0.6) is 11.5 Å². The van der Waals surface area contributed by atoms with Crippen LogP contribution in [-0.2, 0) is 4.74 Å². The van der Waals surface area contributed by atoms with Crippen LogP contribution in [0.15, 0.2) is 57.9 Å². The van der Waals surface area contributed by atoms with Crippen LogP contribution in [0.3, 0.4) is 0 Å². The van der Waals surface area contributed by atoms with Crippen molar-refractivity contribution >= 4 is 11.0 Å². The Morgan fingerprint density at radius 1 is 1.07 bits per heavy atom. The van der Waals surface area contributed by atoms with Gasteiger partial charge < -0.3 is 19.0 Å². The first-order valence-electron chi connectivity index (χ1n) is 9.45. The van der Waals surface area contributed by atoms with E-state index in [0.29, 0.717) is 12.1 Å². The molecule has 6 nitrogen and oxygen atoms in total. The van der Waals surface area contributed by atoms with Crippen molar-refractivity contribution in [3.05, 3.63) is 53.9 Å². The minimum Gasteiger partial charge on any atom is -0.508 e. The summed E-state index contributed by atoms with van der Waals surface area (Å²) in [5, 5.41) is 11.5. The average Bonchev–Trinajstić information content (AvgIpc) is 2.74. The fourth-order valence-electron chi connectivity index (χ4n) is 3.32. The highest BCUT2D eigenvalue weighted by Crippen LogP contribution is 2.25. The Bertz CT molecular complexity index is 1010. The number of hydrogen-bond donors (Lipinski definition) is 1. The number of rotatable bonds is 5. The van der Waals surface area contributed by atoms with E-state index < -0.39 is 0 Å². The maximum absolute atomic E-state index is 9.91. The molecule has 1 N–H and O–H groups in total. The Kier molecular flexibility index (Phi) is 5.60. The molecule has 0 aliphatic carbocycles. The minimum atomic E-state index is 0.199. The van der Waals surface area contributed by atoms with E-state index in [1.807, 2.05) is 30.3 Å². The van der Waals surface area contributed by atoms with Crippen LogP contribution in [0.2, 0.25) is 0 Å². The molecule has 4 rings (SSSR count). The number of benzene rings is 2. The predicted molar refractivity (Wildman–Crippen MR) is 108 cm³/mol. The molecule has 146 valence electrons. The third-order valence-electron chi connectivity index (χ3n) is 4.90. The van der Waals surface area contributed by atoms with Gasteiger partial charge in [-0.3, -0.25) is 9.89 Å². The van der Waals surface area contributed by atoms with E-state index in [0.717, 1.165) is 60.7 Å². The Hall–Kier alpha value is -2.83. The lowest BCUT2D eigenvalue weighted by Crippen LogP contribution is -2.37. The predicted octanol–water partition coefficient (Wildman–Crippen LogP) is 3.05. The van der Waals surface area contributed by atoms with Gasteiger partial charge in [-0.1, -0.05) is 0 Å². The number of nitrogens with zero attached hydrogens (tertiary/aromatic N) is 2.